The van der Waals surface area contributed by atoms with Crippen molar-refractivity contribution in [2.24, 2.45) is 0 Å². The van der Waals surface area contributed by atoms with Crippen LogP contribution in [0.15, 0.2) is 30.3 Å². The van der Waals surface area contributed by atoms with E-state index in [1.54, 1.807) is 0 Å². The van der Waals surface area contributed by atoms with Gasteiger partial charge in [-0.1, -0.05) is 43.2 Å². The van der Waals surface area contributed by atoms with E-state index in [2.05, 4.69) is 54.5 Å². The molecule has 1 aromatic carbocycles. The first kappa shape index (κ1) is 12.0. The summed E-state index contributed by atoms with van der Waals surface area (Å²) in [5.41, 5.74) is 1.45. The molecule has 2 rings (SSSR count). The minimum absolute atomic E-state index is 0.725. The average molecular weight is 235 g/mol. The summed E-state index contributed by atoms with van der Waals surface area (Å²) in [4.78, 5) is 0. The fraction of sp³-hybridized carbons (Fsp3) is 0.571. The molecule has 88 valence electrons. The van der Waals surface area contributed by atoms with Gasteiger partial charge in [0.1, 0.15) is 0 Å². The van der Waals surface area contributed by atoms with Crippen molar-refractivity contribution in [2.75, 3.05) is 7.05 Å². The third-order valence-corrected chi connectivity index (χ3v) is 4.87. The molecule has 1 aromatic rings. The van der Waals surface area contributed by atoms with E-state index in [1.165, 1.54) is 31.2 Å². The Morgan fingerprint density at radius 3 is 2.69 bits per heavy atom. The molecule has 1 saturated carbocycles. The molecule has 1 nitrogen and oxygen atoms in total. The van der Waals surface area contributed by atoms with Crippen LogP contribution in [0.5, 0.6) is 0 Å². The Morgan fingerprint density at radius 2 is 1.94 bits per heavy atom. The van der Waals surface area contributed by atoms with E-state index in [-0.39, 0.29) is 0 Å². The Morgan fingerprint density at radius 1 is 1.19 bits per heavy atom. The lowest BCUT2D eigenvalue weighted by molar-refractivity contribution is 0.405. The highest BCUT2D eigenvalue weighted by Crippen LogP contribution is 2.30. The summed E-state index contributed by atoms with van der Waals surface area (Å²) in [6.07, 6.45) is 5.53. The molecule has 1 N–H and O–H groups in total. The SMILES string of the molecule is CNC1CCCCC1SCc1ccccc1. The van der Waals surface area contributed by atoms with E-state index in [1.807, 2.05) is 0 Å². The van der Waals surface area contributed by atoms with Crippen molar-refractivity contribution in [2.45, 2.75) is 42.7 Å². The van der Waals surface area contributed by atoms with Crippen LogP contribution < -0.4 is 5.32 Å². The van der Waals surface area contributed by atoms with Gasteiger partial charge in [-0.3, -0.25) is 0 Å². The normalized spacial score (nSPS) is 25.6. The molecule has 2 unspecified atom stereocenters. The smallest absolute Gasteiger partial charge is 0.0204 e. The Kier molecular flexibility index (Phi) is 4.73. The zero-order chi connectivity index (χ0) is 11.2. The van der Waals surface area contributed by atoms with Crippen LogP contribution in [0.2, 0.25) is 0 Å². The van der Waals surface area contributed by atoms with Crippen LogP contribution in [0.3, 0.4) is 0 Å². The molecule has 0 amide bonds. The van der Waals surface area contributed by atoms with Gasteiger partial charge in [0, 0.05) is 17.0 Å². The minimum Gasteiger partial charge on any atom is -0.316 e. The molecule has 0 bridgehead atoms. The monoisotopic (exact) mass is 235 g/mol. The second-order valence-corrected chi connectivity index (χ2v) is 5.74. The van der Waals surface area contributed by atoms with Crippen molar-refractivity contribution < 1.29 is 0 Å². The van der Waals surface area contributed by atoms with Crippen LogP contribution in [-0.4, -0.2) is 18.3 Å². The van der Waals surface area contributed by atoms with Crippen molar-refractivity contribution in [1.82, 2.24) is 5.32 Å². The van der Waals surface area contributed by atoms with Crippen LogP contribution >= 0.6 is 11.8 Å². The minimum atomic E-state index is 0.725. The van der Waals surface area contributed by atoms with E-state index in [0.29, 0.717) is 0 Å². The molecule has 16 heavy (non-hydrogen) atoms. The lowest BCUT2D eigenvalue weighted by atomic mass is 9.95. The average Bonchev–Trinajstić information content (AvgIpc) is 2.38. The number of thioether (sulfide) groups is 1. The standard InChI is InChI=1S/C14H21NS/c1-15-13-9-5-6-10-14(13)16-11-12-7-3-2-4-8-12/h2-4,7-8,13-15H,5-6,9-11H2,1H3. The first-order chi connectivity index (χ1) is 7.90. The molecule has 0 aliphatic heterocycles. The summed E-state index contributed by atoms with van der Waals surface area (Å²) in [6, 6.07) is 11.5. The lowest BCUT2D eigenvalue weighted by Crippen LogP contribution is -2.38. The molecule has 0 radical (unpaired) electrons. The van der Waals surface area contributed by atoms with Gasteiger partial charge in [-0.05, 0) is 25.5 Å². The van der Waals surface area contributed by atoms with Crippen molar-refractivity contribution in [3.63, 3.8) is 0 Å². The Balaban J connectivity index is 1.84. The van der Waals surface area contributed by atoms with Crippen LogP contribution in [0, 0.1) is 0 Å². The number of hydrogen-bond donors (Lipinski definition) is 1. The van der Waals surface area contributed by atoms with Gasteiger partial charge < -0.3 is 5.32 Å². The van der Waals surface area contributed by atoms with E-state index in [9.17, 15) is 0 Å². The quantitative estimate of drug-likeness (QED) is 0.858. The summed E-state index contributed by atoms with van der Waals surface area (Å²) in [5.74, 6) is 1.16. The van der Waals surface area contributed by atoms with E-state index in [4.69, 9.17) is 0 Å². The number of hydrogen-bond acceptors (Lipinski definition) is 2. The van der Waals surface area contributed by atoms with Crippen molar-refractivity contribution in [3.8, 4) is 0 Å². The highest BCUT2D eigenvalue weighted by Gasteiger charge is 2.23. The molecule has 1 aliphatic carbocycles. The number of nitrogens with one attached hydrogen (secondary N) is 1. The van der Waals surface area contributed by atoms with Gasteiger partial charge >= 0.3 is 0 Å². The van der Waals surface area contributed by atoms with Gasteiger partial charge in [-0.25, -0.2) is 0 Å². The molecule has 0 saturated heterocycles. The molecule has 0 aromatic heterocycles. The molecule has 1 fully saturated rings. The fourth-order valence-corrected chi connectivity index (χ4v) is 3.84. The first-order valence-corrected chi connectivity index (χ1v) is 7.28. The van der Waals surface area contributed by atoms with Gasteiger partial charge in [-0.2, -0.15) is 11.8 Å². The highest BCUT2D eigenvalue weighted by molar-refractivity contribution is 7.99. The van der Waals surface area contributed by atoms with Crippen molar-refractivity contribution in [3.05, 3.63) is 35.9 Å². The predicted molar refractivity (Wildman–Crippen MR) is 72.8 cm³/mol. The van der Waals surface area contributed by atoms with Gasteiger partial charge in [0.15, 0.2) is 0 Å². The summed E-state index contributed by atoms with van der Waals surface area (Å²) < 4.78 is 0. The first-order valence-electron chi connectivity index (χ1n) is 6.23. The lowest BCUT2D eigenvalue weighted by Gasteiger charge is -2.30. The van der Waals surface area contributed by atoms with Gasteiger partial charge in [0.2, 0.25) is 0 Å². The van der Waals surface area contributed by atoms with Crippen LogP contribution in [0.25, 0.3) is 0 Å². The van der Waals surface area contributed by atoms with Crippen molar-refractivity contribution in [1.29, 1.82) is 0 Å². The van der Waals surface area contributed by atoms with E-state index < -0.39 is 0 Å². The zero-order valence-corrected chi connectivity index (χ0v) is 10.8. The molecule has 2 atom stereocenters. The van der Waals surface area contributed by atoms with Gasteiger partial charge in [-0.15, -0.1) is 0 Å². The highest BCUT2D eigenvalue weighted by atomic mass is 32.2. The molecular weight excluding hydrogens is 214 g/mol. The predicted octanol–water partition coefficient (Wildman–Crippen LogP) is 3.45. The molecule has 0 heterocycles. The summed E-state index contributed by atoms with van der Waals surface area (Å²) in [5, 5.41) is 4.27. The third-order valence-electron chi connectivity index (χ3n) is 3.38. The summed E-state index contributed by atoms with van der Waals surface area (Å²) in [6.45, 7) is 0. The second kappa shape index (κ2) is 6.31. The molecule has 0 spiro atoms. The van der Waals surface area contributed by atoms with E-state index >= 15 is 0 Å². The largest absolute Gasteiger partial charge is 0.316 e. The van der Waals surface area contributed by atoms with E-state index in [0.717, 1.165) is 17.0 Å². The maximum absolute atomic E-state index is 3.47. The zero-order valence-electron chi connectivity index (χ0n) is 9.99. The third kappa shape index (κ3) is 3.26. The summed E-state index contributed by atoms with van der Waals surface area (Å²) in [7, 11) is 2.10. The summed E-state index contributed by atoms with van der Waals surface area (Å²) >= 11 is 2.12. The van der Waals surface area contributed by atoms with Crippen molar-refractivity contribution >= 4 is 11.8 Å². The fourth-order valence-electron chi connectivity index (χ4n) is 2.40. The second-order valence-electron chi connectivity index (χ2n) is 4.51. The van der Waals surface area contributed by atoms with Gasteiger partial charge in [0.25, 0.3) is 0 Å². The maximum atomic E-state index is 3.47. The number of rotatable bonds is 4. The molecule has 1 aliphatic rings. The van der Waals surface area contributed by atoms with Crippen LogP contribution in [-0.2, 0) is 5.75 Å². The van der Waals surface area contributed by atoms with Crippen LogP contribution in [0.4, 0.5) is 0 Å². The Bertz CT molecular complexity index is 299. The van der Waals surface area contributed by atoms with Gasteiger partial charge in [0.05, 0.1) is 0 Å². The number of benzene rings is 1. The molecule has 2 heteroatoms. The Labute approximate surface area is 103 Å². The Hall–Kier alpha value is -0.470. The topological polar surface area (TPSA) is 12.0 Å². The molecular formula is C14H21NS. The van der Waals surface area contributed by atoms with Crippen LogP contribution in [0.1, 0.15) is 31.2 Å². The maximum Gasteiger partial charge on any atom is 0.0204 e.